The molecule has 16 heavy (non-hydrogen) atoms. The van der Waals surface area contributed by atoms with Gasteiger partial charge < -0.3 is 10.5 Å². The number of halogens is 1. The van der Waals surface area contributed by atoms with Gasteiger partial charge in [-0.2, -0.15) is 5.10 Å². The highest BCUT2D eigenvalue weighted by atomic mass is 35.5. The minimum Gasteiger partial charge on any atom is -0.481 e. The third kappa shape index (κ3) is 2.03. The van der Waals surface area contributed by atoms with Crippen molar-refractivity contribution >= 4 is 11.6 Å². The summed E-state index contributed by atoms with van der Waals surface area (Å²) in [5, 5.41) is 4.98. The van der Waals surface area contributed by atoms with Crippen molar-refractivity contribution in [2.75, 3.05) is 7.11 Å². The lowest BCUT2D eigenvalue weighted by molar-refractivity contribution is 0.383. The van der Waals surface area contributed by atoms with Crippen LogP contribution < -0.4 is 10.5 Å². The van der Waals surface area contributed by atoms with E-state index < -0.39 is 0 Å². The van der Waals surface area contributed by atoms with E-state index in [2.05, 4.69) is 5.10 Å². The van der Waals surface area contributed by atoms with E-state index in [1.807, 2.05) is 24.3 Å². The van der Waals surface area contributed by atoms with Crippen LogP contribution in [0.1, 0.15) is 5.69 Å². The Hall–Kier alpha value is -1.52. The van der Waals surface area contributed by atoms with Crippen molar-refractivity contribution in [2.24, 2.45) is 5.73 Å². The van der Waals surface area contributed by atoms with Gasteiger partial charge in [0.1, 0.15) is 0 Å². The fourth-order valence-corrected chi connectivity index (χ4v) is 1.63. The average molecular weight is 238 g/mol. The molecule has 0 aliphatic rings. The van der Waals surface area contributed by atoms with Gasteiger partial charge in [-0.15, -0.1) is 0 Å². The maximum atomic E-state index is 5.92. The Morgan fingerprint density at radius 1 is 1.44 bits per heavy atom. The fraction of sp³-hybridized carbons (Fsp3) is 0.182. The summed E-state index contributed by atoms with van der Waals surface area (Å²) in [6, 6.07) is 9.20. The number of ether oxygens (including phenoxy) is 1. The molecule has 0 saturated carbocycles. The first-order valence-electron chi connectivity index (χ1n) is 4.83. The van der Waals surface area contributed by atoms with Crippen LogP contribution in [0.4, 0.5) is 0 Å². The number of methoxy groups -OCH3 is 1. The zero-order valence-corrected chi connectivity index (χ0v) is 9.61. The molecule has 0 fully saturated rings. The monoisotopic (exact) mass is 237 g/mol. The van der Waals surface area contributed by atoms with E-state index in [-0.39, 0.29) is 0 Å². The van der Waals surface area contributed by atoms with Gasteiger partial charge in [0.2, 0.25) is 5.88 Å². The first-order valence-corrected chi connectivity index (χ1v) is 5.21. The van der Waals surface area contributed by atoms with E-state index in [1.54, 1.807) is 17.9 Å². The number of hydrogen-bond acceptors (Lipinski definition) is 3. The van der Waals surface area contributed by atoms with Gasteiger partial charge in [-0.3, -0.25) is 0 Å². The van der Waals surface area contributed by atoms with Crippen molar-refractivity contribution in [3.8, 4) is 11.6 Å². The van der Waals surface area contributed by atoms with Crippen LogP contribution in [0, 0.1) is 0 Å². The minimum atomic E-state index is 0.379. The third-order valence-electron chi connectivity index (χ3n) is 2.20. The van der Waals surface area contributed by atoms with Crippen LogP contribution in [0.15, 0.2) is 30.3 Å². The zero-order chi connectivity index (χ0) is 11.5. The fourth-order valence-electron chi connectivity index (χ4n) is 1.45. The Labute approximate surface area is 98.6 Å². The second-order valence-electron chi connectivity index (χ2n) is 3.27. The second kappa shape index (κ2) is 4.55. The highest BCUT2D eigenvalue weighted by Gasteiger charge is 2.08. The Bertz CT molecular complexity index is 496. The van der Waals surface area contributed by atoms with Gasteiger partial charge in [0.05, 0.1) is 18.5 Å². The van der Waals surface area contributed by atoms with E-state index in [0.29, 0.717) is 17.4 Å². The van der Waals surface area contributed by atoms with Crippen LogP contribution >= 0.6 is 11.6 Å². The molecule has 1 heterocycles. The van der Waals surface area contributed by atoms with Crippen molar-refractivity contribution in [1.82, 2.24) is 9.78 Å². The molecule has 0 unspecified atom stereocenters. The largest absolute Gasteiger partial charge is 0.481 e. The quantitative estimate of drug-likeness (QED) is 0.888. The number of benzene rings is 1. The lowest BCUT2D eigenvalue weighted by atomic mass is 10.3. The third-order valence-corrected chi connectivity index (χ3v) is 2.43. The molecule has 0 saturated heterocycles. The molecule has 2 N–H and O–H groups in total. The molecular formula is C11H12ClN3O. The molecule has 0 radical (unpaired) electrons. The predicted octanol–water partition coefficient (Wildman–Crippen LogP) is 1.99. The van der Waals surface area contributed by atoms with E-state index in [4.69, 9.17) is 22.1 Å². The van der Waals surface area contributed by atoms with Gasteiger partial charge in [-0.25, -0.2) is 4.68 Å². The summed E-state index contributed by atoms with van der Waals surface area (Å²) in [5.74, 6) is 0.641. The molecule has 0 spiro atoms. The molecule has 1 aromatic heterocycles. The van der Waals surface area contributed by atoms with Crippen LogP contribution in [-0.4, -0.2) is 16.9 Å². The van der Waals surface area contributed by atoms with Crippen molar-refractivity contribution < 1.29 is 4.74 Å². The topological polar surface area (TPSA) is 53.1 Å². The smallest absolute Gasteiger partial charge is 0.216 e. The Morgan fingerprint density at radius 2 is 2.25 bits per heavy atom. The molecule has 1 aromatic carbocycles. The van der Waals surface area contributed by atoms with Crippen molar-refractivity contribution in [2.45, 2.75) is 6.54 Å². The molecule has 84 valence electrons. The van der Waals surface area contributed by atoms with E-state index >= 15 is 0 Å². The van der Waals surface area contributed by atoms with Crippen molar-refractivity contribution in [1.29, 1.82) is 0 Å². The van der Waals surface area contributed by atoms with Gasteiger partial charge in [0.15, 0.2) is 0 Å². The molecule has 0 aliphatic carbocycles. The number of hydrogen-bond donors (Lipinski definition) is 1. The lowest BCUT2D eigenvalue weighted by Crippen LogP contribution is -2.02. The molecule has 2 aromatic rings. The summed E-state index contributed by atoms with van der Waals surface area (Å²) >= 11 is 5.92. The maximum absolute atomic E-state index is 5.92. The highest BCUT2D eigenvalue weighted by Crippen LogP contribution is 2.21. The Morgan fingerprint density at radius 3 is 2.88 bits per heavy atom. The number of nitrogens with two attached hydrogens (primary N) is 1. The number of rotatable bonds is 3. The molecule has 0 atom stereocenters. The highest BCUT2D eigenvalue weighted by molar-refractivity contribution is 6.30. The summed E-state index contributed by atoms with van der Waals surface area (Å²) in [7, 11) is 1.60. The number of aromatic nitrogens is 2. The average Bonchev–Trinajstić information content (AvgIpc) is 2.72. The molecule has 0 aliphatic heterocycles. The van der Waals surface area contributed by atoms with Gasteiger partial charge in [-0.05, 0) is 18.2 Å². The van der Waals surface area contributed by atoms with Crippen LogP contribution in [0.3, 0.4) is 0 Å². The Balaban J connectivity index is 2.50. The lowest BCUT2D eigenvalue weighted by Gasteiger charge is -2.05. The Kier molecular flexibility index (Phi) is 3.12. The van der Waals surface area contributed by atoms with Crippen LogP contribution in [-0.2, 0) is 6.54 Å². The predicted molar refractivity (Wildman–Crippen MR) is 63.0 cm³/mol. The standard InChI is InChI=1S/C11H12ClN3O/c1-16-11-6-9(7-13)14-15(11)10-4-2-3-8(12)5-10/h2-6H,7,13H2,1H3. The molecule has 0 bridgehead atoms. The second-order valence-corrected chi connectivity index (χ2v) is 3.71. The van der Waals surface area contributed by atoms with Gasteiger partial charge in [0, 0.05) is 17.6 Å². The summed E-state index contributed by atoms with van der Waals surface area (Å²) < 4.78 is 6.90. The van der Waals surface area contributed by atoms with Crippen molar-refractivity contribution in [3.63, 3.8) is 0 Å². The summed E-state index contributed by atoms with van der Waals surface area (Å²) in [5.41, 5.74) is 7.16. The van der Waals surface area contributed by atoms with E-state index in [0.717, 1.165) is 11.4 Å². The van der Waals surface area contributed by atoms with E-state index in [1.165, 1.54) is 0 Å². The molecule has 4 nitrogen and oxygen atoms in total. The van der Waals surface area contributed by atoms with Gasteiger partial charge >= 0.3 is 0 Å². The first-order chi connectivity index (χ1) is 7.74. The SMILES string of the molecule is COc1cc(CN)nn1-c1cccc(Cl)c1. The molecule has 2 rings (SSSR count). The van der Waals surface area contributed by atoms with Crippen molar-refractivity contribution in [3.05, 3.63) is 41.0 Å². The van der Waals surface area contributed by atoms with Crippen LogP contribution in [0.5, 0.6) is 5.88 Å². The van der Waals surface area contributed by atoms with Gasteiger partial charge in [0.25, 0.3) is 0 Å². The summed E-state index contributed by atoms with van der Waals surface area (Å²) in [4.78, 5) is 0. The van der Waals surface area contributed by atoms with Crippen LogP contribution in [0.25, 0.3) is 5.69 Å². The molecular weight excluding hydrogens is 226 g/mol. The summed E-state index contributed by atoms with van der Waals surface area (Å²) in [6.45, 7) is 0.379. The molecule has 0 amide bonds. The minimum absolute atomic E-state index is 0.379. The van der Waals surface area contributed by atoms with E-state index in [9.17, 15) is 0 Å². The zero-order valence-electron chi connectivity index (χ0n) is 8.85. The van der Waals surface area contributed by atoms with Gasteiger partial charge in [-0.1, -0.05) is 17.7 Å². The number of nitrogens with zero attached hydrogens (tertiary/aromatic N) is 2. The maximum Gasteiger partial charge on any atom is 0.216 e. The van der Waals surface area contributed by atoms with Crippen LogP contribution in [0.2, 0.25) is 5.02 Å². The molecule has 5 heteroatoms. The normalized spacial score (nSPS) is 10.4. The first kappa shape index (κ1) is 11.0. The summed E-state index contributed by atoms with van der Waals surface area (Å²) in [6.07, 6.45) is 0.